The number of hydrogen-bond acceptors (Lipinski definition) is 5. The normalized spacial score (nSPS) is 13.2. The topological polar surface area (TPSA) is 62.6 Å². The summed E-state index contributed by atoms with van der Waals surface area (Å²) in [5.74, 6) is -0.152. The first-order valence-electron chi connectivity index (χ1n) is 10.2. The van der Waals surface area contributed by atoms with Crippen molar-refractivity contribution in [2.24, 2.45) is 0 Å². The second-order valence-corrected chi connectivity index (χ2v) is 13.3. The molecule has 0 fully saturated rings. The minimum absolute atomic E-state index is 0.0869. The smallest absolute Gasteiger partial charge is 0.360 e. The Balaban J connectivity index is 2.48. The Morgan fingerprint density at radius 1 is 1.14 bits per heavy atom. The molecule has 0 saturated carbocycles. The Morgan fingerprint density at radius 2 is 1.79 bits per heavy atom. The average Bonchev–Trinajstić information content (AvgIpc) is 3.06. The van der Waals surface area contributed by atoms with Crippen LogP contribution in [0.4, 0.5) is 0 Å². The van der Waals surface area contributed by atoms with E-state index in [0.717, 1.165) is 5.56 Å². The molecule has 1 heterocycles. The highest BCUT2D eigenvalue weighted by Crippen LogP contribution is 2.38. The fourth-order valence-corrected chi connectivity index (χ4v) is 3.74. The Bertz CT molecular complexity index is 797. The van der Waals surface area contributed by atoms with Crippen LogP contribution in [0.15, 0.2) is 36.7 Å². The van der Waals surface area contributed by atoms with E-state index in [0.29, 0.717) is 24.8 Å². The molecule has 0 spiro atoms. The Hall–Kier alpha value is -2.12. The predicted octanol–water partition coefficient (Wildman–Crippen LogP) is 5.07. The summed E-state index contributed by atoms with van der Waals surface area (Å²) < 4.78 is 19.2. The van der Waals surface area contributed by atoms with Crippen molar-refractivity contribution in [3.63, 3.8) is 0 Å². The van der Waals surface area contributed by atoms with Crippen LogP contribution in [0.25, 0.3) is 0 Å². The van der Waals surface area contributed by atoms with Gasteiger partial charge in [-0.05, 0) is 37.5 Å². The number of carbonyl (C=O) groups excluding carboxylic acids is 1. The van der Waals surface area contributed by atoms with Gasteiger partial charge in [0.15, 0.2) is 14.0 Å². The number of esters is 1. The lowest BCUT2D eigenvalue weighted by Gasteiger charge is -2.37. The molecule has 0 aliphatic rings. The van der Waals surface area contributed by atoms with Gasteiger partial charge in [-0.1, -0.05) is 51.1 Å². The van der Waals surface area contributed by atoms with Gasteiger partial charge in [-0.15, -0.1) is 0 Å². The van der Waals surface area contributed by atoms with E-state index < -0.39 is 14.3 Å². The summed E-state index contributed by atoms with van der Waals surface area (Å²) in [7, 11) is -1.98. The lowest BCUT2D eigenvalue weighted by atomic mass is 10.1. The van der Waals surface area contributed by atoms with Gasteiger partial charge in [-0.2, -0.15) is 0 Å². The molecule has 0 aliphatic carbocycles. The monoisotopic (exact) mass is 418 g/mol. The lowest BCUT2D eigenvalue weighted by molar-refractivity contribution is 0.0505. The fourth-order valence-electron chi connectivity index (χ4n) is 2.73. The van der Waals surface area contributed by atoms with Crippen LogP contribution in [0, 0.1) is 0 Å². The Morgan fingerprint density at radius 3 is 2.34 bits per heavy atom. The molecule has 1 aromatic carbocycles. The molecule has 0 saturated heterocycles. The maximum atomic E-state index is 12.7. The van der Waals surface area contributed by atoms with E-state index in [1.165, 1.54) is 0 Å². The van der Waals surface area contributed by atoms with Crippen LogP contribution < -0.4 is 4.74 Å². The van der Waals surface area contributed by atoms with E-state index >= 15 is 0 Å². The number of benzene rings is 1. The van der Waals surface area contributed by atoms with Crippen molar-refractivity contribution in [1.29, 1.82) is 0 Å². The molecule has 1 atom stereocenters. The highest BCUT2D eigenvalue weighted by molar-refractivity contribution is 6.74. The van der Waals surface area contributed by atoms with Gasteiger partial charge >= 0.3 is 5.97 Å². The van der Waals surface area contributed by atoms with Gasteiger partial charge < -0.3 is 18.5 Å². The highest BCUT2D eigenvalue weighted by Gasteiger charge is 2.38. The third-order valence-electron chi connectivity index (χ3n) is 5.44. The van der Waals surface area contributed by atoms with E-state index in [9.17, 15) is 4.79 Å². The quantitative estimate of drug-likeness (QED) is 0.420. The number of imidazole rings is 1. The predicted molar refractivity (Wildman–Crippen MR) is 117 cm³/mol. The molecule has 0 bridgehead atoms. The second kappa shape index (κ2) is 9.58. The van der Waals surface area contributed by atoms with E-state index in [2.05, 4.69) is 38.8 Å². The molecule has 160 valence electrons. The molecule has 0 aliphatic heterocycles. The van der Waals surface area contributed by atoms with E-state index in [1.807, 2.05) is 41.8 Å². The van der Waals surface area contributed by atoms with Gasteiger partial charge in [-0.3, -0.25) is 0 Å². The zero-order valence-corrected chi connectivity index (χ0v) is 19.7. The first kappa shape index (κ1) is 23.2. The second-order valence-electron chi connectivity index (χ2n) is 8.46. The summed E-state index contributed by atoms with van der Waals surface area (Å²) >= 11 is 0. The van der Waals surface area contributed by atoms with E-state index in [1.54, 1.807) is 13.3 Å². The first-order chi connectivity index (χ1) is 13.6. The molecule has 7 heteroatoms. The Kier molecular flexibility index (Phi) is 7.65. The van der Waals surface area contributed by atoms with E-state index in [-0.39, 0.29) is 17.7 Å². The highest BCUT2D eigenvalue weighted by atomic mass is 28.4. The maximum Gasteiger partial charge on any atom is 0.360 e. The number of carbonyl (C=O) groups is 1. The third-order valence-corrected chi connectivity index (χ3v) is 9.94. The Labute approximate surface area is 175 Å². The third kappa shape index (κ3) is 5.48. The van der Waals surface area contributed by atoms with Gasteiger partial charge in [0.2, 0.25) is 5.88 Å². The number of nitrogens with zero attached hydrogens (tertiary/aromatic N) is 2. The summed E-state index contributed by atoms with van der Waals surface area (Å²) in [5, 5.41) is 0.0869. The van der Waals surface area contributed by atoms with Crippen LogP contribution in [0.2, 0.25) is 18.1 Å². The van der Waals surface area contributed by atoms with Gasteiger partial charge in [-0.25, -0.2) is 9.78 Å². The molecule has 1 aromatic heterocycles. The largest absolute Gasteiger partial charge is 0.476 e. The van der Waals surface area contributed by atoms with Gasteiger partial charge in [0.1, 0.15) is 6.33 Å². The number of aromatic nitrogens is 2. The average molecular weight is 419 g/mol. The van der Waals surface area contributed by atoms with Crippen molar-refractivity contribution in [2.45, 2.75) is 58.8 Å². The summed E-state index contributed by atoms with van der Waals surface area (Å²) in [5.41, 5.74) is 1.36. The van der Waals surface area contributed by atoms with Crippen LogP contribution in [0.5, 0.6) is 5.88 Å². The summed E-state index contributed by atoms with van der Waals surface area (Å²) in [6.07, 6.45) is 1.64. The molecule has 1 unspecified atom stereocenters. The minimum Gasteiger partial charge on any atom is -0.476 e. The minimum atomic E-state index is -1.98. The van der Waals surface area contributed by atoms with Crippen molar-refractivity contribution in [1.82, 2.24) is 9.55 Å². The zero-order chi connectivity index (χ0) is 21.7. The van der Waals surface area contributed by atoms with Gasteiger partial charge in [0, 0.05) is 0 Å². The molecule has 0 amide bonds. The molecule has 2 aromatic rings. The van der Waals surface area contributed by atoms with Crippen LogP contribution in [0.3, 0.4) is 0 Å². The molecule has 0 N–H and O–H groups in total. The van der Waals surface area contributed by atoms with Crippen LogP contribution in [-0.2, 0) is 9.16 Å². The number of rotatable bonds is 9. The first-order valence-corrected chi connectivity index (χ1v) is 13.1. The summed E-state index contributed by atoms with van der Waals surface area (Å²) in [6, 6.07) is 9.80. The maximum absolute atomic E-state index is 12.7. The summed E-state index contributed by atoms with van der Waals surface area (Å²) in [4.78, 5) is 17.1. The van der Waals surface area contributed by atoms with E-state index in [4.69, 9.17) is 13.9 Å². The van der Waals surface area contributed by atoms with Crippen molar-refractivity contribution in [3.05, 3.63) is 47.9 Å². The van der Waals surface area contributed by atoms with Crippen LogP contribution in [0.1, 0.15) is 56.7 Å². The molecule has 6 nitrogen and oxygen atoms in total. The van der Waals surface area contributed by atoms with Crippen molar-refractivity contribution in [2.75, 3.05) is 19.8 Å². The molecule has 0 radical (unpaired) electrons. The molecule has 2 rings (SSSR count). The SMILES string of the molecule is CCOC(=O)c1c(OCC)ncn1C(CO[Si](C)(C)C(C)(C)C)c1ccccc1. The van der Waals surface area contributed by atoms with Crippen molar-refractivity contribution < 1.29 is 18.7 Å². The zero-order valence-electron chi connectivity index (χ0n) is 18.7. The van der Waals surface area contributed by atoms with Gasteiger partial charge in [0.25, 0.3) is 0 Å². The molecular formula is C22H34N2O4Si. The van der Waals surface area contributed by atoms with Crippen molar-refractivity contribution >= 4 is 14.3 Å². The fraction of sp³-hybridized carbons (Fsp3) is 0.545. The standard InChI is InChI=1S/C22H34N2O4Si/c1-8-26-20-19(21(25)27-9-2)24(16-23-20)18(17-13-11-10-12-14-17)15-28-29(6,7)22(3,4)5/h10-14,16,18H,8-9,15H2,1-7H3. The number of ether oxygens (including phenoxy) is 2. The van der Waals surface area contributed by atoms with Gasteiger partial charge in [0.05, 0.1) is 25.9 Å². The van der Waals surface area contributed by atoms with Crippen LogP contribution in [-0.4, -0.2) is 43.7 Å². The summed E-state index contributed by atoms with van der Waals surface area (Å²) in [6.45, 7) is 15.9. The van der Waals surface area contributed by atoms with Crippen molar-refractivity contribution in [3.8, 4) is 5.88 Å². The lowest BCUT2D eigenvalue weighted by Crippen LogP contribution is -2.42. The molecule has 29 heavy (non-hydrogen) atoms. The molecular weight excluding hydrogens is 384 g/mol. The number of hydrogen-bond donors (Lipinski definition) is 0. The van der Waals surface area contributed by atoms with Crippen LogP contribution >= 0.6 is 0 Å².